The zero-order valence-corrected chi connectivity index (χ0v) is 24.1. The highest BCUT2D eigenvalue weighted by Gasteiger charge is 2.26. The van der Waals surface area contributed by atoms with Crippen LogP contribution >= 0.6 is 11.8 Å². The summed E-state index contributed by atoms with van der Waals surface area (Å²) in [4.78, 5) is 27.9. The Labute approximate surface area is 240 Å². The zero-order valence-electron chi connectivity index (χ0n) is 23.3. The van der Waals surface area contributed by atoms with Crippen LogP contribution in [0.1, 0.15) is 72.7 Å². The van der Waals surface area contributed by atoms with Crippen molar-refractivity contribution in [2.24, 2.45) is 5.92 Å². The number of rotatable bonds is 10. The minimum absolute atomic E-state index is 0.163. The molecule has 2 heterocycles. The van der Waals surface area contributed by atoms with Crippen LogP contribution in [0.15, 0.2) is 59.8 Å². The van der Waals surface area contributed by atoms with Crippen molar-refractivity contribution in [1.82, 2.24) is 25.0 Å². The first-order valence-corrected chi connectivity index (χ1v) is 15.4. The fraction of sp³-hybridized carbons (Fsp3) is 0.484. The fourth-order valence-electron chi connectivity index (χ4n) is 5.79. The lowest BCUT2D eigenvalue weighted by Crippen LogP contribution is -2.39. The van der Waals surface area contributed by atoms with Crippen molar-refractivity contribution in [2.75, 3.05) is 26.0 Å². The van der Waals surface area contributed by atoms with E-state index in [1.165, 1.54) is 36.6 Å². The monoisotopic (exact) mass is 561 g/mol. The number of ether oxygens (including phenoxy) is 1. The summed E-state index contributed by atoms with van der Waals surface area (Å²) in [6.45, 7) is 1.92. The molecule has 1 saturated heterocycles. The Bertz CT molecular complexity index is 1250. The summed E-state index contributed by atoms with van der Waals surface area (Å²) < 4.78 is 7.36. The number of hydrogen-bond acceptors (Lipinski definition) is 6. The molecule has 1 aliphatic heterocycles. The van der Waals surface area contributed by atoms with Crippen LogP contribution in [0.25, 0.3) is 0 Å². The van der Waals surface area contributed by atoms with E-state index < -0.39 is 0 Å². The lowest BCUT2D eigenvalue weighted by Gasteiger charge is -2.32. The van der Waals surface area contributed by atoms with Crippen molar-refractivity contribution < 1.29 is 14.3 Å². The summed E-state index contributed by atoms with van der Waals surface area (Å²) in [7, 11) is 1.60. The van der Waals surface area contributed by atoms with Gasteiger partial charge in [-0.25, -0.2) is 0 Å². The predicted octanol–water partition coefficient (Wildman–Crippen LogP) is 5.30. The molecule has 3 aromatic rings. The Morgan fingerprint density at radius 2 is 1.68 bits per heavy atom. The van der Waals surface area contributed by atoms with Crippen molar-refractivity contribution in [3.8, 4) is 5.75 Å². The molecule has 9 heteroatoms. The van der Waals surface area contributed by atoms with Crippen molar-refractivity contribution in [1.29, 1.82) is 0 Å². The second-order valence-electron chi connectivity index (χ2n) is 10.8. The van der Waals surface area contributed by atoms with E-state index >= 15 is 0 Å². The number of aromatic nitrogens is 3. The molecule has 2 amide bonds. The number of hydrogen-bond donors (Lipinski definition) is 1. The molecule has 1 N–H and O–H groups in total. The summed E-state index contributed by atoms with van der Waals surface area (Å²) in [5.74, 6) is 2.43. The molecule has 0 bridgehead atoms. The molecule has 40 heavy (non-hydrogen) atoms. The number of piperidine rings is 1. The Hall–Kier alpha value is -3.33. The van der Waals surface area contributed by atoms with Gasteiger partial charge in [-0.2, -0.15) is 0 Å². The number of nitrogens with one attached hydrogen (secondary N) is 1. The van der Waals surface area contributed by atoms with Crippen molar-refractivity contribution in [3.63, 3.8) is 0 Å². The van der Waals surface area contributed by atoms with Gasteiger partial charge in [-0.1, -0.05) is 61.4 Å². The van der Waals surface area contributed by atoms with Crippen LogP contribution in [-0.4, -0.2) is 57.4 Å². The van der Waals surface area contributed by atoms with E-state index in [9.17, 15) is 9.59 Å². The van der Waals surface area contributed by atoms with Crippen LogP contribution in [0.3, 0.4) is 0 Å². The number of nitrogens with zero attached hydrogens (tertiary/aromatic N) is 4. The molecule has 2 aliphatic rings. The van der Waals surface area contributed by atoms with E-state index in [4.69, 9.17) is 4.74 Å². The topological polar surface area (TPSA) is 89.3 Å². The van der Waals surface area contributed by atoms with Gasteiger partial charge in [0, 0.05) is 24.7 Å². The first kappa shape index (κ1) is 28.2. The summed E-state index contributed by atoms with van der Waals surface area (Å²) in [5, 5.41) is 12.7. The molecule has 0 atom stereocenters. The molecule has 1 saturated carbocycles. The molecule has 2 fully saturated rings. The average Bonchev–Trinajstić information content (AvgIpc) is 3.42. The van der Waals surface area contributed by atoms with E-state index in [1.807, 2.05) is 4.90 Å². The van der Waals surface area contributed by atoms with Gasteiger partial charge in [0.05, 0.1) is 19.4 Å². The molecule has 5 rings (SSSR count). The Balaban J connectivity index is 1.17. The maximum Gasteiger partial charge on any atom is 0.251 e. The van der Waals surface area contributed by atoms with E-state index in [0.29, 0.717) is 29.0 Å². The normalized spacial score (nSPS) is 16.6. The van der Waals surface area contributed by atoms with Gasteiger partial charge in [0.15, 0.2) is 11.0 Å². The standard InChI is InChI=1S/C31H39N5O3S/c1-39-27-14-12-25(13-15-27)30(38)32-21-28-33-34-31(36(28)26-10-6-3-7-11-26)40-22-29(37)35-18-16-24(17-19-35)20-23-8-4-2-5-9-23/h2,4-5,8-9,12-15,24,26H,3,6-7,10-11,16-22H2,1H3,(H,32,38). The lowest BCUT2D eigenvalue weighted by atomic mass is 9.90. The van der Waals surface area contributed by atoms with Gasteiger partial charge in [-0.15, -0.1) is 10.2 Å². The lowest BCUT2D eigenvalue weighted by molar-refractivity contribution is -0.129. The van der Waals surface area contributed by atoms with Crippen LogP contribution in [-0.2, 0) is 17.8 Å². The summed E-state index contributed by atoms with van der Waals surface area (Å²) in [5.41, 5.74) is 1.94. The van der Waals surface area contributed by atoms with Crippen LogP contribution < -0.4 is 10.1 Å². The van der Waals surface area contributed by atoms with Crippen molar-refractivity contribution in [2.45, 2.75) is 69.1 Å². The van der Waals surface area contributed by atoms with Gasteiger partial charge in [0.2, 0.25) is 5.91 Å². The van der Waals surface area contributed by atoms with E-state index in [-0.39, 0.29) is 18.4 Å². The molecular formula is C31H39N5O3S. The van der Waals surface area contributed by atoms with Crippen LogP contribution in [0, 0.1) is 5.92 Å². The molecule has 1 aliphatic carbocycles. The third kappa shape index (κ3) is 7.24. The SMILES string of the molecule is COc1ccc(C(=O)NCc2nnc(SCC(=O)N3CCC(Cc4ccccc4)CC3)n2C2CCCCC2)cc1. The van der Waals surface area contributed by atoms with Crippen molar-refractivity contribution in [3.05, 3.63) is 71.5 Å². The van der Waals surface area contributed by atoms with Gasteiger partial charge < -0.3 is 19.5 Å². The molecule has 1 aromatic heterocycles. The van der Waals surface area contributed by atoms with Crippen LogP contribution in [0.5, 0.6) is 5.75 Å². The fourth-order valence-corrected chi connectivity index (χ4v) is 6.71. The molecular weight excluding hydrogens is 522 g/mol. The molecule has 0 spiro atoms. The first-order valence-electron chi connectivity index (χ1n) is 14.4. The van der Waals surface area contributed by atoms with E-state index in [1.54, 1.807) is 31.4 Å². The van der Waals surface area contributed by atoms with Crippen LogP contribution in [0.2, 0.25) is 0 Å². The largest absolute Gasteiger partial charge is 0.497 e. The van der Waals surface area contributed by atoms with Crippen LogP contribution in [0.4, 0.5) is 0 Å². The zero-order chi connectivity index (χ0) is 27.7. The maximum absolute atomic E-state index is 13.1. The average molecular weight is 562 g/mol. The molecule has 0 unspecified atom stereocenters. The third-order valence-electron chi connectivity index (χ3n) is 8.09. The highest BCUT2D eigenvalue weighted by atomic mass is 32.2. The van der Waals surface area contributed by atoms with Gasteiger partial charge in [0.1, 0.15) is 5.75 Å². The first-order chi connectivity index (χ1) is 19.6. The maximum atomic E-state index is 13.1. The number of thioether (sulfide) groups is 1. The van der Waals surface area contributed by atoms with Gasteiger partial charge >= 0.3 is 0 Å². The number of carbonyl (C=O) groups excluding carboxylic acids is 2. The summed E-state index contributed by atoms with van der Waals surface area (Å²) in [6, 6.07) is 18.0. The molecule has 0 radical (unpaired) electrons. The number of likely N-dealkylation sites (tertiary alicyclic amines) is 1. The minimum atomic E-state index is -0.166. The Morgan fingerprint density at radius 1 is 0.950 bits per heavy atom. The summed E-state index contributed by atoms with van der Waals surface area (Å²) in [6.07, 6.45) is 8.87. The number of methoxy groups -OCH3 is 1. The van der Waals surface area contributed by atoms with E-state index in [2.05, 4.69) is 50.4 Å². The molecule has 8 nitrogen and oxygen atoms in total. The molecule has 212 valence electrons. The highest BCUT2D eigenvalue weighted by molar-refractivity contribution is 7.99. The summed E-state index contributed by atoms with van der Waals surface area (Å²) >= 11 is 1.47. The Kier molecular flexibility index (Phi) is 9.76. The number of amides is 2. The highest BCUT2D eigenvalue weighted by Crippen LogP contribution is 2.33. The number of carbonyl (C=O) groups is 2. The Morgan fingerprint density at radius 3 is 2.38 bits per heavy atom. The molecule has 2 aromatic carbocycles. The van der Waals surface area contributed by atoms with E-state index in [0.717, 1.165) is 56.2 Å². The van der Waals surface area contributed by atoms with Crippen molar-refractivity contribution >= 4 is 23.6 Å². The predicted molar refractivity (Wildman–Crippen MR) is 156 cm³/mol. The van der Waals surface area contributed by atoms with Gasteiger partial charge in [-0.05, 0) is 67.9 Å². The quantitative estimate of drug-likeness (QED) is 0.338. The van der Waals surface area contributed by atoms with Gasteiger partial charge in [0.25, 0.3) is 5.91 Å². The second kappa shape index (κ2) is 13.8. The van der Waals surface area contributed by atoms with Gasteiger partial charge in [-0.3, -0.25) is 9.59 Å². The third-order valence-corrected chi connectivity index (χ3v) is 9.02. The minimum Gasteiger partial charge on any atom is -0.497 e. The second-order valence-corrected chi connectivity index (χ2v) is 11.7. The smallest absolute Gasteiger partial charge is 0.251 e. The number of benzene rings is 2.